The summed E-state index contributed by atoms with van der Waals surface area (Å²) < 4.78 is 0. The maximum atomic E-state index is 11.6. The molecule has 0 aromatic heterocycles. The molecule has 1 aromatic rings. The molecular weight excluding hydrogens is 307 g/mol. The molecule has 1 aromatic carbocycles. The standard InChI is InChI=1S/C12H16Cl2N2O2S/c13-9-2-3-11(10(14)8-9)16-12(18)15-4-7-19-6-1-5-17/h2-3,8,17H,1,4-7H2,(H2,15,16,18). The zero-order valence-electron chi connectivity index (χ0n) is 10.3. The van der Waals surface area contributed by atoms with E-state index in [-0.39, 0.29) is 12.6 Å². The smallest absolute Gasteiger partial charge is 0.319 e. The zero-order chi connectivity index (χ0) is 14.1. The van der Waals surface area contributed by atoms with Crippen molar-refractivity contribution in [2.24, 2.45) is 0 Å². The van der Waals surface area contributed by atoms with E-state index >= 15 is 0 Å². The van der Waals surface area contributed by atoms with Crippen LogP contribution < -0.4 is 10.6 Å². The van der Waals surface area contributed by atoms with Crippen LogP contribution in [0.3, 0.4) is 0 Å². The number of aliphatic hydroxyl groups is 1. The van der Waals surface area contributed by atoms with Gasteiger partial charge in [-0.2, -0.15) is 11.8 Å². The molecule has 106 valence electrons. The highest BCUT2D eigenvalue weighted by Crippen LogP contribution is 2.25. The maximum absolute atomic E-state index is 11.6. The summed E-state index contributed by atoms with van der Waals surface area (Å²) in [5, 5.41) is 14.9. The van der Waals surface area contributed by atoms with Crippen molar-refractivity contribution in [1.29, 1.82) is 0 Å². The maximum Gasteiger partial charge on any atom is 0.319 e. The normalized spacial score (nSPS) is 10.3. The molecule has 7 heteroatoms. The van der Waals surface area contributed by atoms with E-state index in [1.54, 1.807) is 30.0 Å². The lowest BCUT2D eigenvalue weighted by Crippen LogP contribution is -2.30. The summed E-state index contributed by atoms with van der Waals surface area (Å²) >= 11 is 13.4. The van der Waals surface area contributed by atoms with Gasteiger partial charge in [0.05, 0.1) is 10.7 Å². The van der Waals surface area contributed by atoms with Crippen LogP contribution >= 0.6 is 35.0 Å². The summed E-state index contributed by atoms with van der Waals surface area (Å²) in [5.41, 5.74) is 0.525. The lowest BCUT2D eigenvalue weighted by atomic mass is 10.3. The van der Waals surface area contributed by atoms with Gasteiger partial charge in [0.25, 0.3) is 0 Å². The van der Waals surface area contributed by atoms with E-state index in [0.29, 0.717) is 22.3 Å². The minimum absolute atomic E-state index is 0.204. The van der Waals surface area contributed by atoms with Crippen LogP contribution in [-0.4, -0.2) is 35.8 Å². The van der Waals surface area contributed by atoms with Gasteiger partial charge in [-0.05, 0) is 30.4 Å². The molecule has 0 saturated heterocycles. The van der Waals surface area contributed by atoms with Crippen molar-refractivity contribution in [3.05, 3.63) is 28.2 Å². The van der Waals surface area contributed by atoms with Gasteiger partial charge in [0.2, 0.25) is 0 Å². The quantitative estimate of drug-likeness (QED) is 0.675. The van der Waals surface area contributed by atoms with Crippen LogP contribution in [0.1, 0.15) is 6.42 Å². The lowest BCUT2D eigenvalue weighted by Gasteiger charge is -2.09. The van der Waals surface area contributed by atoms with Gasteiger partial charge in [-0.15, -0.1) is 0 Å². The summed E-state index contributed by atoms with van der Waals surface area (Å²) in [6.07, 6.45) is 0.775. The fraction of sp³-hybridized carbons (Fsp3) is 0.417. The molecule has 0 atom stereocenters. The SMILES string of the molecule is O=C(NCCSCCCO)Nc1ccc(Cl)cc1Cl. The average molecular weight is 323 g/mol. The number of urea groups is 1. The first kappa shape index (κ1) is 16.4. The summed E-state index contributed by atoms with van der Waals surface area (Å²) in [4.78, 5) is 11.6. The van der Waals surface area contributed by atoms with Crippen molar-refractivity contribution in [2.75, 3.05) is 30.0 Å². The monoisotopic (exact) mass is 322 g/mol. The van der Waals surface area contributed by atoms with Crippen molar-refractivity contribution in [3.63, 3.8) is 0 Å². The molecule has 0 heterocycles. The number of amides is 2. The first-order valence-corrected chi connectivity index (χ1v) is 7.73. The summed E-state index contributed by atoms with van der Waals surface area (Å²) in [6, 6.07) is 4.59. The van der Waals surface area contributed by atoms with Crippen LogP contribution in [-0.2, 0) is 0 Å². The highest BCUT2D eigenvalue weighted by Gasteiger charge is 2.05. The van der Waals surface area contributed by atoms with Crippen LogP contribution in [0.25, 0.3) is 0 Å². The third kappa shape index (κ3) is 6.92. The van der Waals surface area contributed by atoms with Crippen LogP contribution in [0.4, 0.5) is 10.5 Å². The number of thioether (sulfide) groups is 1. The fourth-order valence-corrected chi connectivity index (χ4v) is 2.50. The van der Waals surface area contributed by atoms with Gasteiger partial charge in [0, 0.05) is 23.9 Å². The predicted molar refractivity (Wildman–Crippen MR) is 82.5 cm³/mol. The Labute approximate surface area is 126 Å². The summed E-state index contributed by atoms with van der Waals surface area (Å²) in [6.45, 7) is 0.767. The summed E-state index contributed by atoms with van der Waals surface area (Å²) in [5.74, 6) is 1.70. The van der Waals surface area contributed by atoms with Gasteiger partial charge >= 0.3 is 6.03 Å². The van der Waals surface area contributed by atoms with Crippen molar-refractivity contribution >= 4 is 46.7 Å². The molecule has 0 aliphatic carbocycles. The molecule has 1 rings (SSSR count). The van der Waals surface area contributed by atoms with Crippen LogP contribution in [0, 0.1) is 0 Å². The van der Waals surface area contributed by atoms with Gasteiger partial charge < -0.3 is 15.7 Å². The molecule has 4 nitrogen and oxygen atoms in total. The van der Waals surface area contributed by atoms with Gasteiger partial charge in [-0.3, -0.25) is 0 Å². The molecular formula is C12H16Cl2N2O2S. The second kappa shape index (κ2) is 9.31. The Morgan fingerprint density at radius 3 is 2.79 bits per heavy atom. The first-order valence-electron chi connectivity index (χ1n) is 5.82. The second-order valence-electron chi connectivity index (χ2n) is 3.69. The van der Waals surface area contributed by atoms with E-state index in [4.69, 9.17) is 28.3 Å². The molecule has 19 heavy (non-hydrogen) atoms. The number of rotatable bonds is 7. The first-order chi connectivity index (χ1) is 9.13. The van der Waals surface area contributed by atoms with E-state index in [9.17, 15) is 4.79 Å². The van der Waals surface area contributed by atoms with E-state index in [1.165, 1.54) is 0 Å². The number of hydrogen-bond donors (Lipinski definition) is 3. The molecule has 0 bridgehead atoms. The Morgan fingerprint density at radius 2 is 2.11 bits per heavy atom. The minimum Gasteiger partial charge on any atom is -0.396 e. The molecule has 0 unspecified atom stereocenters. The van der Waals surface area contributed by atoms with Crippen LogP contribution in [0.2, 0.25) is 10.0 Å². The fourth-order valence-electron chi connectivity index (χ4n) is 1.26. The molecule has 0 spiro atoms. The predicted octanol–water partition coefficient (Wildman–Crippen LogP) is 3.23. The third-order valence-corrected chi connectivity index (χ3v) is 3.78. The van der Waals surface area contributed by atoms with Gasteiger partial charge in [-0.25, -0.2) is 4.79 Å². The number of halogens is 2. The van der Waals surface area contributed by atoms with E-state index in [0.717, 1.165) is 17.9 Å². The van der Waals surface area contributed by atoms with Crippen molar-refractivity contribution in [2.45, 2.75) is 6.42 Å². The van der Waals surface area contributed by atoms with Crippen LogP contribution in [0.5, 0.6) is 0 Å². The van der Waals surface area contributed by atoms with E-state index < -0.39 is 0 Å². The Kier molecular flexibility index (Phi) is 8.05. The topological polar surface area (TPSA) is 61.4 Å². The Hall–Kier alpha value is -0.620. The third-order valence-electron chi connectivity index (χ3n) is 2.16. The Bertz CT molecular complexity index is 419. The molecule has 2 amide bonds. The number of hydrogen-bond acceptors (Lipinski definition) is 3. The largest absolute Gasteiger partial charge is 0.396 e. The number of anilines is 1. The van der Waals surface area contributed by atoms with Crippen molar-refractivity contribution < 1.29 is 9.90 Å². The average Bonchev–Trinajstić information content (AvgIpc) is 2.37. The molecule has 0 saturated carbocycles. The number of aliphatic hydroxyl groups excluding tert-OH is 1. The van der Waals surface area contributed by atoms with Crippen molar-refractivity contribution in [3.8, 4) is 0 Å². The number of benzene rings is 1. The summed E-state index contributed by atoms with van der Waals surface area (Å²) in [7, 11) is 0. The number of carbonyl (C=O) groups excluding carboxylic acids is 1. The van der Waals surface area contributed by atoms with E-state index in [2.05, 4.69) is 10.6 Å². The molecule has 3 N–H and O–H groups in total. The molecule has 0 radical (unpaired) electrons. The minimum atomic E-state index is -0.299. The zero-order valence-corrected chi connectivity index (χ0v) is 12.6. The van der Waals surface area contributed by atoms with E-state index in [1.807, 2.05) is 0 Å². The highest BCUT2D eigenvalue weighted by atomic mass is 35.5. The lowest BCUT2D eigenvalue weighted by molar-refractivity contribution is 0.252. The molecule has 0 aliphatic heterocycles. The molecule has 0 fully saturated rings. The van der Waals surface area contributed by atoms with Crippen molar-refractivity contribution in [1.82, 2.24) is 5.32 Å². The molecule has 0 aliphatic rings. The second-order valence-corrected chi connectivity index (χ2v) is 5.76. The number of nitrogens with one attached hydrogen (secondary N) is 2. The van der Waals surface area contributed by atoms with Crippen LogP contribution in [0.15, 0.2) is 18.2 Å². The number of carbonyl (C=O) groups is 1. The Morgan fingerprint density at radius 1 is 1.32 bits per heavy atom. The highest BCUT2D eigenvalue weighted by molar-refractivity contribution is 7.99. The Balaban J connectivity index is 2.23. The van der Waals surface area contributed by atoms with Gasteiger partial charge in [-0.1, -0.05) is 23.2 Å². The van der Waals surface area contributed by atoms with Gasteiger partial charge in [0.1, 0.15) is 0 Å². The van der Waals surface area contributed by atoms with Gasteiger partial charge in [0.15, 0.2) is 0 Å².